The third-order valence-electron chi connectivity index (χ3n) is 3.53. The van der Waals surface area contributed by atoms with Crippen molar-refractivity contribution < 1.29 is 0 Å². The molecule has 0 atom stereocenters. The van der Waals surface area contributed by atoms with Gasteiger partial charge < -0.3 is 0 Å². The zero-order chi connectivity index (χ0) is 13.1. The molecule has 2 aromatic carbocycles. The molecule has 0 heterocycles. The molecule has 0 amide bonds. The van der Waals surface area contributed by atoms with E-state index in [9.17, 15) is 0 Å². The standard InChI is InChI=1S/C18H20/c1-13-5-9-17(10-6-13)15(3)16(4)18-11-7-14(2)8-12-18/h5-12H,1-4H3. The van der Waals surface area contributed by atoms with E-state index in [1.807, 2.05) is 0 Å². The molecule has 2 rings (SSSR count). The Hall–Kier alpha value is -1.82. The summed E-state index contributed by atoms with van der Waals surface area (Å²) in [6.45, 7) is 8.63. The van der Waals surface area contributed by atoms with Gasteiger partial charge in [-0.25, -0.2) is 0 Å². The molecule has 0 saturated heterocycles. The number of hydrogen-bond donors (Lipinski definition) is 0. The lowest BCUT2D eigenvalue weighted by atomic mass is 9.96. The van der Waals surface area contributed by atoms with E-state index in [1.165, 1.54) is 33.4 Å². The van der Waals surface area contributed by atoms with E-state index in [0.29, 0.717) is 0 Å². The average Bonchev–Trinajstić information content (AvgIpc) is 2.39. The fourth-order valence-corrected chi connectivity index (χ4v) is 2.04. The van der Waals surface area contributed by atoms with Crippen molar-refractivity contribution in [3.8, 4) is 0 Å². The molecule has 0 N–H and O–H groups in total. The Kier molecular flexibility index (Phi) is 3.66. The van der Waals surface area contributed by atoms with Crippen molar-refractivity contribution in [1.82, 2.24) is 0 Å². The Morgan fingerprint density at radius 2 is 0.833 bits per heavy atom. The van der Waals surface area contributed by atoms with Crippen LogP contribution in [0.4, 0.5) is 0 Å². The predicted molar refractivity (Wildman–Crippen MR) is 80.5 cm³/mol. The second kappa shape index (κ2) is 5.22. The van der Waals surface area contributed by atoms with E-state index < -0.39 is 0 Å². The van der Waals surface area contributed by atoms with Crippen molar-refractivity contribution >= 4 is 11.1 Å². The molecule has 92 valence electrons. The summed E-state index contributed by atoms with van der Waals surface area (Å²) in [6, 6.07) is 17.5. The summed E-state index contributed by atoms with van der Waals surface area (Å²) in [7, 11) is 0. The number of hydrogen-bond acceptors (Lipinski definition) is 0. The largest absolute Gasteiger partial charge is 0.0587 e. The van der Waals surface area contributed by atoms with Gasteiger partial charge in [-0.15, -0.1) is 0 Å². The van der Waals surface area contributed by atoms with Crippen LogP contribution in [0.3, 0.4) is 0 Å². The molecule has 0 radical (unpaired) electrons. The van der Waals surface area contributed by atoms with Crippen LogP contribution >= 0.6 is 0 Å². The summed E-state index contributed by atoms with van der Waals surface area (Å²) < 4.78 is 0. The third-order valence-corrected chi connectivity index (χ3v) is 3.53. The first kappa shape index (κ1) is 12.6. The first-order valence-electron chi connectivity index (χ1n) is 6.39. The Morgan fingerprint density at radius 3 is 1.11 bits per heavy atom. The Balaban J connectivity index is 2.40. The summed E-state index contributed by atoms with van der Waals surface area (Å²) in [5.41, 5.74) is 7.91. The molecule has 0 bridgehead atoms. The maximum Gasteiger partial charge on any atom is -0.0224 e. The molecule has 2 aromatic rings. The van der Waals surface area contributed by atoms with Crippen LogP contribution in [0, 0.1) is 13.8 Å². The van der Waals surface area contributed by atoms with E-state index in [2.05, 4.69) is 76.2 Å². The van der Waals surface area contributed by atoms with Gasteiger partial charge in [-0.05, 0) is 50.0 Å². The van der Waals surface area contributed by atoms with Gasteiger partial charge in [0.25, 0.3) is 0 Å². The van der Waals surface area contributed by atoms with Crippen molar-refractivity contribution in [2.45, 2.75) is 27.7 Å². The van der Waals surface area contributed by atoms with Crippen molar-refractivity contribution in [1.29, 1.82) is 0 Å². The molecule has 0 nitrogen and oxygen atoms in total. The molecular weight excluding hydrogens is 216 g/mol. The van der Waals surface area contributed by atoms with Crippen molar-refractivity contribution in [3.63, 3.8) is 0 Å². The Morgan fingerprint density at radius 1 is 0.556 bits per heavy atom. The summed E-state index contributed by atoms with van der Waals surface area (Å²) in [5.74, 6) is 0. The molecule has 0 aliphatic rings. The zero-order valence-electron chi connectivity index (χ0n) is 11.6. The Labute approximate surface area is 110 Å². The van der Waals surface area contributed by atoms with Crippen LogP contribution in [-0.2, 0) is 0 Å². The zero-order valence-corrected chi connectivity index (χ0v) is 11.6. The van der Waals surface area contributed by atoms with Crippen LogP contribution in [0.2, 0.25) is 0 Å². The lowest BCUT2D eigenvalue weighted by Crippen LogP contribution is -1.87. The maximum absolute atomic E-state index is 2.20. The van der Waals surface area contributed by atoms with E-state index in [4.69, 9.17) is 0 Å². The SMILES string of the molecule is CC(=C(C)c1ccc(C)cc1)c1ccc(C)cc1. The number of rotatable bonds is 2. The summed E-state index contributed by atoms with van der Waals surface area (Å²) in [6.07, 6.45) is 0. The Bertz CT molecular complexity index is 500. The topological polar surface area (TPSA) is 0 Å². The average molecular weight is 236 g/mol. The van der Waals surface area contributed by atoms with Gasteiger partial charge in [-0.3, -0.25) is 0 Å². The van der Waals surface area contributed by atoms with Crippen molar-refractivity contribution in [2.75, 3.05) is 0 Å². The van der Waals surface area contributed by atoms with Crippen LogP contribution in [0.15, 0.2) is 48.5 Å². The van der Waals surface area contributed by atoms with E-state index >= 15 is 0 Å². The summed E-state index contributed by atoms with van der Waals surface area (Å²) >= 11 is 0. The van der Waals surface area contributed by atoms with E-state index in [1.54, 1.807) is 0 Å². The van der Waals surface area contributed by atoms with E-state index in [0.717, 1.165) is 0 Å². The summed E-state index contributed by atoms with van der Waals surface area (Å²) in [5, 5.41) is 0. The minimum absolute atomic E-state index is 1.30. The molecule has 0 spiro atoms. The van der Waals surface area contributed by atoms with Gasteiger partial charge >= 0.3 is 0 Å². The predicted octanol–water partition coefficient (Wildman–Crippen LogP) is 5.25. The second-order valence-corrected chi connectivity index (χ2v) is 4.98. The lowest BCUT2D eigenvalue weighted by Gasteiger charge is -2.09. The minimum Gasteiger partial charge on any atom is -0.0587 e. The van der Waals surface area contributed by atoms with Gasteiger partial charge in [0.15, 0.2) is 0 Å². The van der Waals surface area contributed by atoms with Crippen molar-refractivity contribution in [3.05, 3.63) is 70.8 Å². The fraction of sp³-hybridized carbons (Fsp3) is 0.222. The van der Waals surface area contributed by atoms with Crippen LogP contribution in [-0.4, -0.2) is 0 Å². The first-order chi connectivity index (χ1) is 8.58. The van der Waals surface area contributed by atoms with Crippen molar-refractivity contribution in [2.24, 2.45) is 0 Å². The molecule has 18 heavy (non-hydrogen) atoms. The number of benzene rings is 2. The monoisotopic (exact) mass is 236 g/mol. The molecule has 0 aromatic heterocycles. The fourth-order valence-electron chi connectivity index (χ4n) is 2.04. The minimum atomic E-state index is 1.30. The smallest absolute Gasteiger partial charge is 0.0224 e. The lowest BCUT2D eigenvalue weighted by molar-refractivity contribution is 1.42. The molecular formula is C18H20. The normalized spacial score (nSPS) is 12.2. The highest BCUT2D eigenvalue weighted by Gasteiger charge is 2.02. The number of allylic oxidation sites excluding steroid dienone is 2. The molecule has 0 unspecified atom stereocenters. The van der Waals surface area contributed by atoms with Gasteiger partial charge in [0.1, 0.15) is 0 Å². The molecule has 0 aliphatic carbocycles. The third kappa shape index (κ3) is 2.70. The highest BCUT2D eigenvalue weighted by molar-refractivity contribution is 5.88. The molecule has 0 saturated carbocycles. The van der Waals surface area contributed by atoms with Crippen LogP contribution in [0.1, 0.15) is 36.1 Å². The highest BCUT2D eigenvalue weighted by Crippen LogP contribution is 2.25. The van der Waals surface area contributed by atoms with Gasteiger partial charge in [0.2, 0.25) is 0 Å². The van der Waals surface area contributed by atoms with E-state index in [-0.39, 0.29) is 0 Å². The maximum atomic E-state index is 2.20. The quantitative estimate of drug-likeness (QED) is 0.624. The number of aryl methyl sites for hydroxylation is 2. The summed E-state index contributed by atoms with van der Waals surface area (Å²) in [4.78, 5) is 0. The first-order valence-corrected chi connectivity index (χ1v) is 6.39. The van der Waals surface area contributed by atoms with Crippen LogP contribution in [0.25, 0.3) is 11.1 Å². The van der Waals surface area contributed by atoms with Gasteiger partial charge in [-0.2, -0.15) is 0 Å². The molecule has 0 fully saturated rings. The molecule has 0 heteroatoms. The molecule has 0 aliphatic heterocycles. The second-order valence-electron chi connectivity index (χ2n) is 4.98. The van der Waals surface area contributed by atoms with Gasteiger partial charge in [0, 0.05) is 0 Å². The highest BCUT2D eigenvalue weighted by atomic mass is 14.1. The van der Waals surface area contributed by atoms with Gasteiger partial charge in [0.05, 0.1) is 0 Å². The van der Waals surface area contributed by atoms with Crippen LogP contribution in [0.5, 0.6) is 0 Å². The van der Waals surface area contributed by atoms with Crippen LogP contribution < -0.4 is 0 Å². The van der Waals surface area contributed by atoms with Gasteiger partial charge in [-0.1, -0.05) is 59.7 Å².